The molecule has 1 aromatic rings. The molecule has 1 spiro atoms. The zero-order chi connectivity index (χ0) is 11.2. The van der Waals surface area contributed by atoms with E-state index in [1.165, 1.54) is 30.5 Å². The smallest absolute Gasteiger partial charge is 0.0464 e. The Morgan fingerprint density at radius 1 is 1.31 bits per heavy atom. The first kappa shape index (κ1) is 10.4. The molecule has 1 N–H and O–H groups in total. The molecular formula is C13H17ClN2. The molecule has 0 saturated carbocycles. The van der Waals surface area contributed by atoms with E-state index in [4.69, 9.17) is 11.6 Å². The molecule has 1 saturated heterocycles. The molecule has 2 heterocycles. The van der Waals surface area contributed by atoms with Crippen LogP contribution in [0.15, 0.2) is 18.2 Å². The van der Waals surface area contributed by atoms with Gasteiger partial charge in [0, 0.05) is 23.3 Å². The van der Waals surface area contributed by atoms with Crippen LogP contribution >= 0.6 is 11.6 Å². The molecule has 86 valence electrons. The number of benzene rings is 1. The zero-order valence-corrected chi connectivity index (χ0v) is 10.3. The molecule has 2 aliphatic rings. The number of halogens is 1. The fourth-order valence-electron chi connectivity index (χ4n) is 3.13. The van der Waals surface area contributed by atoms with Gasteiger partial charge in [0.1, 0.15) is 0 Å². The van der Waals surface area contributed by atoms with Gasteiger partial charge in [-0.05, 0) is 50.0 Å². The minimum atomic E-state index is 0.346. The zero-order valence-electron chi connectivity index (χ0n) is 9.59. The van der Waals surface area contributed by atoms with E-state index in [0.717, 1.165) is 18.1 Å². The Morgan fingerprint density at radius 2 is 2.06 bits per heavy atom. The van der Waals surface area contributed by atoms with Crippen molar-refractivity contribution in [2.45, 2.75) is 24.8 Å². The minimum absolute atomic E-state index is 0.346. The van der Waals surface area contributed by atoms with Crippen LogP contribution in [0.25, 0.3) is 0 Å². The van der Waals surface area contributed by atoms with Crippen molar-refractivity contribution in [3.8, 4) is 0 Å². The fourth-order valence-corrected chi connectivity index (χ4v) is 3.30. The van der Waals surface area contributed by atoms with Crippen LogP contribution in [0.1, 0.15) is 18.4 Å². The van der Waals surface area contributed by atoms with Crippen molar-refractivity contribution < 1.29 is 0 Å². The van der Waals surface area contributed by atoms with Crippen molar-refractivity contribution in [1.82, 2.24) is 5.32 Å². The van der Waals surface area contributed by atoms with Crippen molar-refractivity contribution in [3.05, 3.63) is 28.8 Å². The summed E-state index contributed by atoms with van der Waals surface area (Å²) in [6.45, 7) is 2.26. The summed E-state index contributed by atoms with van der Waals surface area (Å²) in [5.41, 5.74) is 3.13. The molecule has 0 amide bonds. The lowest BCUT2D eigenvalue weighted by Crippen LogP contribution is -2.51. The van der Waals surface area contributed by atoms with Crippen molar-refractivity contribution in [3.63, 3.8) is 0 Å². The fraction of sp³-hybridized carbons (Fsp3) is 0.538. The summed E-state index contributed by atoms with van der Waals surface area (Å²) in [6, 6.07) is 6.30. The number of rotatable bonds is 0. The predicted molar refractivity (Wildman–Crippen MR) is 68.4 cm³/mol. The van der Waals surface area contributed by atoms with E-state index in [9.17, 15) is 0 Å². The van der Waals surface area contributed by atoms with Gasteiger partial charge >= 0.3 is 0 Å². The van der Waals surface area contributed by atoms with E-state index in [1.54, 1.807) is 0 Å². The second kappa shape index (κ2) is 3.64. The highest BCUT2D eigenvalue weighted by molar-refractivity contribution is 6.30. The average molecular weight is 237 g/mol. The van der Waals surface area contributed by atoms with Crippen LogP contribution < -0.4 is 10.2 Å². The summed E-state index contributed by atoms with van der Waals surface area (Å²) >= 11 is 6.08. The number of piperidine rings is 1. The van der Waals surface area contributed by atoms with Crippen LogP contribution in [0.4, 0.5) is 5.69 Å². The second-order valence-electron chi connectivity index (χ2n) is 4.98. The average Bonchev–Trinajstić information content (AvgIpc) is 2.55. The first-order valence-electron chi connectivity index (χ1n) is 5.94. The van der Waals surface area contributed by atoms with E-state index in [-0.39, 0.29) is 0 Å². The molecule has 0 bridgehead atoms. The van der Waals surface area contributed by atoms with Crippen LogP contribution in [0.2, 0.25) is 5.02 Å². The molecule has 0 radical (unpaired) electrons. The van der Waals surface area contributed by atoms with E-state index in [0.29, 0.717) is 5.54 Å². The Morgan fingerprint density at radius 3 is 2.81 bits per heavy atom. The predicted octanol–water partition coefficient (Wildman–Crippen LogP) is 2.45. The molecule has 1 fully saturated rings. The Hall–Kier alpha value is -0.730. The van der Waals surface area contributed by atoms with Crippen LogP contribution in [0, 0.1) is 0 Å². The quantitative estimate of drug-likeness (QED) is 0.745. The normalized spacial score (nSPS) is 22.5. The first-order chi connectivity index (χ1) is 7.71. The van der Waals surface area contributed by atoms with E-state index < -0.39 is 0 Å². The number of fused-ring (bicyclic) bond motifs is 1. The third-order valence-corrected chi connectivity index (χ3v) is 4.41. The third-order valence-electron chi connectivity index (χ3n) is 4.17. The lowest BCUT2D eigenvalue weighted by atomic mass is 9.85. The highest BCUT2D eigenvalue weighted by atomic mass is 35.5. The van der Waals surface area contributed by atoms with Crippen molar-refractivity contribution >= 4 is 17.3 Å². The summed E-state index contributed by atoms with van der Waals surface area (Å²) in [6.07, 6.45) is 3.64. The van der Waals surface area contributed by atoms with Gasteiger partial charge in [0.2, 0.25) is 0 Å². The molecule has 16 heavy (non-hydrogen) atoms. The Labute approximate surface area is 102 Å². The Bertz CT molecular complexity index is 410. The molecular weight excluding hydrogens is 220 g/mol. The molecule has 0 aliphatic carbocycles. The molecule has 0 atom stereocenters. The van der Waals surface area contributed by atoms with Gasteiger partial charge in [-0.1, -0.05) is 17.7 Å². The topological polar surface area (TPSA) is 15.3 Å². The van der Waals surface area contributed by atoms with E-state index in [2.05, 4.69) is 29.4 Å². The molecule has 0 aromatic heterocycles. The third kappa shape index (κ3) is 1.44. The molecule has 3 rings (SSSR count). The van der Waals surface area contributed by atoms with Gasteiger partial charge < -0.3 is 10.2 Å². The summed E-state index contributed by atoms with van der Waals surface area (Å²) < 4.78 is 0. The maximum Gasteiger partial charge on any atom is 0.0464 e. The number of likely N-dealkylation sites (N-methyl/N-ethyl adjacent to an activating group) is 1. The molecule has 1 aromatic carbocycles. The van der Waals surface area contributed by atoms with Gasteiger partial charge in [0.15, 0.2) is 0 Å². The lowest BCUT2D eigenvalue weighted by Gasteiger charge is -2.41. The molecule has 2 aliphatic heterocycles. The highest BCUT2D eigenvalue weighted by Crippen LogP contribution is 2.43. The number of nitrogens with zero attached hydrogens (tertiary/aromatic N) is 1. The standard InChI is InChI=1S/C13H17ClN2/c1-16-12-8-11(14)3-2-10(12)9-13(16)4-6-15-7-5-13/h2-3,8,15H,4-7,9H2,1H3. The Balaban J connectivity index is 1.99. The summed E-state index contributed by atoms with van der Waals surface area (Å²) in [5, 5.41) is 4.29. The van der Waals surface area contributed by atoms with Crippen molar-refractivity contribution in [2.75, 3.05) is 25.0 Å². The molecule has 2 nitrogen and oxygen atoms in total. The summed E-state index contributed by atoms with van der Waals surface area (Å²) in [5.74, 6) is 0. The number of nitrogens with one attached hydrogen (secondary N) is 1. The van der Waals surface area contributed by atoms with E-state index in [1.807, 2.05) is 6.07 Å². The van der Waals surface area contributed by atoms with Gasteiger partial charge in [0.25, 0.3) is 0 Å². The molecule has 0 unspecified atom stereocenters. The van der Waals surface area contributed by atoms with Crippen molar-refractivity contribution in [1.29, 1.82) is 0 Å². The van der Waals surface area contributed by atoms with Gasteiger partial charge in [0.05, 0.1) is 0 Å². The largest absolute Gasteiger partial charge is 0.368 e. The van der Waals surface area contributed by atoms with Gasteiger partial charge in [-0.15, -0.1) is 0 Å². The monoisotopic (exact) mass is 236 g/mol. The summed E-state index contributed by atoms with van der Waals surface area (Å²) in [7, 11) is 2.22. The van der Waals surface area contributed by atoms with E-state index >= 15 is 0 Å². The first-order valence-corrected chi connectivity index (χ1v) is 6.32. The number of hydrogen-bond acceptors (Lipinski definition) is 2. The highest BCUT2D eigenvalue weighted by Gasteiger charge is 2.42. The maximum atomic E-state index is 6.08. The number of hydrogen-bond donors (Lipinski definition) is 1. The van der Waals surface area contributed by atoms with Crippen LogP contribution in [-0.4, -0.2) is 25.7 Å². The summed E-state index contributed by atoms with van der Waals surface area (Å²) in [4.78, 5) is 2.45. The Kier molecular flexibility index (Phi) is 2.37. The van der Waals surface area contributed by atoms with Crippen LogP contribution in [0.5, 0.6) is 0 Å². The van der Waals surface area contributed by atoms with Crippen LogP contribution in [-0.2, 0) is 6.42 Å². The van der Waals surface area contributed by atoms with Crippen molar-refractivity contribution in [2.24, 2.45) is 0 Å². The molecule has 3 heteroatoms. The van der Waals surface area contributed by atoms with Gasteiger partial charge in [-0.25, -0.2) is 0 Å². The maximum absolute atomic E-state index is 6.08. The van der Waals surface area contributed by atoms with Gasteiger partial charge in [-0.3, -0.25) is 0 Å². The van der Waals surface area contributed by atoms with Gasteiger partial charge in [-0.2, -0.15) is 0 Å². The minimum Gasteiger partial charge on any atom is -0.368 e. The lowest BCUT2D eigenvalue weighted by molar-refractivity contribution is 0.310. The SMILES string of the molecule is CN1c2cc(Cl)ccc2CC12CCNCC2. The number of anilines is 1. The second-order valence-corrected chi connectivity index (χ2v) is 5.42. The van der Waals surface area contributed by atoms with Crippen LogP contribution in [0.3, 0.4) is 0 Å².